The fourth-order valence-corrected chi connectivity index (χ4v) is 10.4. The first-order chi connectivity index (χ1) is 32.8. The third-order valence-corrected chi connectivity index (χ3v) is 13.5. The number of hydrogen-bond acceptors (Lipinski definition) is 6. The van der Waals surface area contributed by atoms with E-state index in [1.54, 1.807) is 24.3 Å². The van der Waals surface area contributed by atoms with E-state index in [1.807, 2.05) is 121 Å². The second kappa shape index (κ2) is 14.7. The van der Waals surface area contributed by atoms with E-state index >= 15 is 0 Å². The molecule has 0 radical (unpaired) electrons. The maximum atomic E-state index is 12.3. The maximum Gasteiger partial charge on any atom is 0.336 e. The van der Waals surface area contributed by atoms with Crippen molar-refractivity contribution in [1.29, 1.82) is 5.26 Å². The summed E-state index contributed by atoms with van der Waals surface area (Å²) in [7, 11) is 0. The van der Waals surface area contributed by atoms with Gasteiger partial charge in [-0.3, -0.25) is 0 Å². The molecule has 14 rings (SSSR count). The Hall–Kier alpha value is -8.54. The standard InChI is InChI=1S/C29H14ClNO2.C29H15ClO4/c30-22-11-10-20(29-27(22)21-13-16-5-1-2-6-17(16)14-25(21)33-29)26-18(15-31)9-12-24-28(26)19-7-3-4-8-23(19)32-24;30-21-11-9-18(28-26(21)20-13-15-5-1-2-6-16(15)14-24(20)34-28)25-19(29(31)32)10-12-23-27(25)17-7-3-4-8-22(17)33-23/h1-14H;1-14H,(H,31,32). The van der Waals surface area contributed by atoms with Crippen molar-refractivity contribution in [3.05, 3.63) is 191 Å². The van der Waals surface area contributed by atoms with Crippen molar-refractivity contribution in [1.82, 2.24) is 0 Å². The molecule has 0 atom stereocenters. The van der Waals surface area contributed by atoms with Gasteiger partial charge in [0.05, 0.1) is 27.2 Å². The van der Waals surface area contributed by atoms with Crippen molar-refractivity contribution in [3.8, 4) is 28.3 Å². The first-order valence-corrected chi connectivity index (χ1v) is 22.2. The van der Waals surface area contributed by atoms with E-state index < -0.39 is 5.97 Å². The van der Waals surface area contributed by atoms with Gasteiger partial charge in [0.25, 0.3) is 0 Å². The molecular formula is C58H29Cl2NO6. The Morgan fingerprint density at radius 2 is 0.881 bits per heavy atom. The lowest BCUT2D eigenvalue weighted by Crippen LogP contribution is -2.00. The third kappa shape index (κ3) is 5.87. The lowest BCUT2D eigenvalue weighted by Gasteiger charge is -2.10. The van der Waals surface area contributed by atoms with E-state index in [2.05, 4.69) is 30.3 Å². The molecule has 4 heterocycles. The fourth-order valence-electron chi connectivity index (χ4n) is 9.91. The van der Waals surface area contributed by atoms with Gasteiger partial charge in [-0.15, -0.1) is 0 Å². The van der Waals surface area contributed by atoms with Gasteiger partial charge in [-0.25, -0.2) is 4.79 Å². The Kier molecular flexibility index (Phi) is 8.56. The molecule has 0 aliphatic rings. The zero-order valence-corrected chi connectivity index (χ0v) is 36.4. The van der Waals surface area contributed by atoms with Crippen molar-refractivity contribution < 1.29 is 27.6 Å². The molecule has 4 aromatic heterocycles. The lowest BCUT2D eigenvalue weighted by atomic mass is 9.93. The minimum Gasteiger partial charge on any atom is -0.478 e. The van der Waals surface area contributed by atoms with Crippen molar-refractivity contribution in [2.75, 3.05) is 0 Å². The predicted molar refractivity (Wildman–Crippen MR) is 270 cm³/mol. The number of aromatic carboxylic acids is 1. The van der Waals surface area contributed by atoms with Gasteiger partial charge in [-0.2, -0.15) is 5.26 Å². The summed E-state index contributed by atoms with van der Waals surface area (Å²) in [6, 6.07) is 56.7. The zero-order chi connectivity index (χ0) is 45.1. The molecule has 0 fully saturated rings. The van der Waals surface area contributed by atoms with Crippen molar-refractivity contribution >= 4 is 138 Å². The minimum atomic E-state index is -1.02. The SMILES string of the molecule is N#Cc1ccc2oc3ccccc3c2c1-c1ccc(Cl)c2c1oc1cc3ccccc3cc12.O=C(O)c1ccc2oc3ccccc3c2c1-c1ccc(Cl)c2c1oc1cc3ccccc3cc12. The smallest absolute Gasteiger partial charge is 0.336 e. The van der Waals surface area contributed by atoms with Crippen LogP contribution in [-0.2, 0) is 0 Å². The summed E-state index contributed by atoms with van der Waals surface area (Å²) in [5, 5.41) is 32.5. The van der Waals surface area contributed by atoms with E-state index in [0.29, 0.717) is 54.7 Å². The largest absolute Gasteiger partial charge is 0.478 e. The molecule has 9 heteroatoms. The number of nitriles is 1. The van der Waals surface area contributed by atoms with Crippen LogP contribution in [-0.4, -0.2) is 11.1 Å². The van der Waals surface area contributed by atoms with Crippen LogP contribution in [0.2, 0.25) is 10.0 Å². The number of para-hydroxylation sites is 2. The molecule has 0 unspecified atom stereocenters. The topological polar surface area (TPSA) is 114 Å². The summed E-state index contributed by atoms with van der Waals surface area (Å²) in [4.78, 5) is 12.3. The van der Waals surface area contributed by atoms with Crippen molar-refractivity contribution in [2.24, 2.45) is 0 Å². The molecule has 0 spiro atoms. The highest BCUT2D eigenvalue weighted by Crippen LogP contribution is 2.48. The van der Waals surface area contributed by atoms with Gasteiger partial charge in [0, 0.05) is 65.3 Å². The average Bonchev–Trinajstić information content (AvgIpc) is 4.13. The molecule has 0 amide bonds. The van der Waals surface area contributed by atoms with Gasteiger partial charge in [-0.05, 0) is 106 Å². The molecule has 10 aromatic carbocycles. The number of carboxylic acids is 1. The molecule has 0 aliphatic heterocycles. The summed E-state index contributed by atoms with van der Waals surface area (Å²) < 4.78 is 25.0. The second-order valence-corrected chi connectivity index (χ2v) is 17.3. The van der Waals surface area contributed by atoms with Crippen molar-refractivity contribution in [3.63, 3.8) is 0 Å². The molecule has 1 N–H and O–H groups in total. The number of carbonyl (C=O) groups is 1. The first-order valence-electron chi connectivity index (χ1n) is 21.4. The van der Waals surface area contributed by atoms with E-state index in [-0.39, 0.29) is 5.56 Å². The summed E-state index contributed by atoms with van der Waals surface area (Å²) in [6.07, 6.45) is 0. The highest BCUT2D eigenvalue weighted by atomic mass is 35.5. The summed E-state index contributed by atoms with van der Waals surface area (Å²) in [5.41, 5.74) is 9.08. The van der Waals surface area contributed by atoms with Gasteiger partial charge >= 0.3 is 5.97 Å². The molecule has 0 saturated heterocycles. The van der Waals surface area contributed by atoms with Crippen LogP contribution in [0.5, 0.6) is 0 Å². The third-order valence-electron chi connectivity index (χ3n) is 12.8. The van der Waals surface area contributed by atoms with E-state index in [0.717, 1.165) is 92.5 Å². The first kappa shape index (κ1) is 38.9. The number of halogens is 2. The Morgan fingerprint density at radius 3 is 1.39 bits per heavy atom. The summed E-state index contributed by atoms with van der Waals surface area (Å²) in [6.45, 7) is 0. The number of benzene rings is 10. The van der Waals surface area contributed by atoms with Crippen LogP contribution in [0.25, 0.3) is 132 Å². The van der Waals surface area contributed by atoms with Gasteiger partial charge in [-0.1, -0.05) is 108 Å². The van der Waals surface area contributed by atoms with Crippen LogP contribution in [0.4, 0.5) is 0 Å². The van der Waals surface area contributed by atoms with Gasteiger partial charge in [0.2, 0.25) is 0 Å². The van der Waals surface area contributed by atoms with E-state index in [4.69, 9.17) is 40.9 Å². The van der Waals surface area contributed by atoms with E-state index in [9.17, 15) is 15.2 Å². The number of fused-ring (bicyclic) bond motifs is 14. The quantitative estimate of drug-likeness (QED) is 0.188. The van der Waals surface area contributed by atoms with Crippen molar-refractivity contribution in [2.45, 2.75) is 0 Å². The summed E-state index contributed by atoms with van der Waals surface area (Å²) >= 11 is 13.4. The lowest BCUT2D eigenvalue weighted by molar-refractivity contribution is 0.0698. The van der Waals surface area contributed by atoms with Gasteiger partial charge in [0.15, 0.2) is 0 Å². The molecule has 0 aliphatic carbocycles. The normalized spacial score (nSPS) is 11.8. The number of hydrogen-bond donors (Lipinski definition) is 1. The van der Waals surface area contributed by atoms with Crippen LogP contribution in [0, 0.1) is 11.3 Å². The Balaban J connectivity index is 0.000000133. The molecular weight excluding hydrogens is 878 g/mol. The Bertz CT molecular complexity index is 4490. The Labute approximate surface area is 388 Å². The molecule has 0 saturated carbocycles. The van der Waals surface area contributed by atoms with Crippen LogP contribution in [0.15, 0.2) is 188 Å². The number of rotatable bonds is 3. The predicted octanol–water partition coefficient (Wildman–Crippen LogP) is 17.5. The van der Waals surface area contributed by atoms with Crippen LogP contribution >= 0.6 is 23.2 Å². The van der Waals surface area contributed by atoms with Crippen LogP contribution < -0.4 is 0 Å². The van der Waals surface area contributed by atoms with E-state index in [1.165, 1.54) is 0 Å². The Morgan fingerprint density at radius 1 is 0.433 bits per heavy atom. The number of furan rings is 4. The molecule has 67 heavy (non-hydrogen) atoms. The molecule has 316 valence electrons. The zero-order valence-electron chi connectivity index (χ0n) is 34.9. The minimum absolute atomic E-state index is 0.174. The summed E-state index contributed by atoms with van der Waals surface area (Å²) in [5.74, 6) is -1.02. The maximum absolute atomic E-state index is 12.3. The van der Waals surface area contributed by atoms with Gasteiger partial charge in [0.1, 0.15) is 44.7 Å². The molecule has 0 bridgehead atoms. The highest BCUT2D eigenvalue weighted by Gasteiger charge is 2.26. The average molecular weight is 907 g/mol. The monoisotopic (exact) mass is 905 g/mol. The highest BCUT2D eigenvalue weighted by molar-refractivity contribution is 6.40. The fraction of sp³-hybridized carbons (Fsp3) is 0. The second-order valence-electron chi connectivity index (χ2n) is 16.5. The van der Waals surface area contributed by atoms with Crippen LogP contribution in [0.3, 0.4) is 0 Å². The van der Waals surface area contributed by atoms with Gasteiger partial charge < -0.3 is 22.8 Å². The number of nitrogens with zero attached hydrogens (tertiary/aromatic N) is 1. The number of carboxylic acid groups (broad SMARTS) is 1. The molecule has 14 aromatic rings. The van der Waals surface area contributed by atoms with Crippen LogP contribution in [0.1, 0.15) is 15.9 Å². The molecule has 7 nitrogen and oxygen atoms in total.